The summed E-state index contributed by atoms with van der Waals surface area (Å²) < 4.78 is 13.5. The normalized spacial score (nSPS) is 19.3. The van der Waals surface area contributed by atoms with Crippen LogP contribution in [0.3, 0.4) is 0 Å². The number of halogens is 1. The molecular formula is C20H29FN2. The van der Waals surface area contributed by atoms with Crippen LogP contribution in [0.25, 0.3) is 0 Å². The smallest absolute Gasteiger partial charge is 0.126 e. The Labute approximate surface area is 140 Å². The Hall–Kier alpha value is -1.61. The largest absolute Gasteiger partial charge is 0.364 e. The molecule has 1 saturated heterocycles. The molecule has 1 N–H and O–H groups in total. The summed E-state index contributed by atoms with van der Waals surface area (Å²) in [4.78, 5) is 2.41. The van der Waals surface area contributed by atoms with Gasteiger partial charge >= 0.3 is 0 Å². The van der Waals surface area contributed by atoms with E-state index in [1.165, 1.54) is 18.4 Å². The van der Waals surface area contributed by atoms with Gasteiger partial charge in [-0.3, -0.25) is 0 Å². The lowest BCUT2D eigenvalue weighted by molar-refractivity contribution is 0.230. The fraction of sp³-hybridized carbons (Fsp3) is 0.500. The fourth-order valence-electron chi connectivity index (χ4n) is 3.15. The van der Waals surface area contributed by atoms with Gasteiger partial charge in [-0.25, -0.2) is 4.39 Å². The van der Waals surface area contributed by atoms with Crippen LogP contribution in [-0.2, 0) is 6.54 Å². The zero-order valence-electron chi connectivity index (χ0n) is 14.7. The second-order valence-corrected chi connectivity index (χ2v) is 6.46. The Morgan fingerprint density at radius 1 is 1.39 bits per heavy atom. The second-order valence-electron chi connectivity index (χ2n) is 6.46. The molecule has 0 saturated carbocycles. The van der Waals surface area contributed by atoms with E-state index in [4.69, 9.17) is 0 Å². The average Bonchev–Trinajstić information content (AvgIpc) is 2.83. The van der Waals surface area contributed by atoms with E-state index in [2.05, 4.69) is 36.7 Å². The van der Waals surface area contributed by atoms with Crippen molar-refractivity contribution in [3.05, 3.63) is 59.1 Å². The van der Waals surface area contributed by atoms with E-state index >= 15 is 0 Å². The molecular weight excluding hydrogens is 287 g/mol. The molecule has 126 valence electrons. The monoisotopic (exact) mass is 316 g/mol. The first-order valence-corrected chi connectivity index (χ1v) is 8.57. The average molecular weight is 316 g/mol. The van der Waals surface area contributed by atoms with E-state index in [0.717, 1.165) is 37.3 Å². The molecule has 23 heavy (non-hydrogen) atoms. The van der Waals surface area contributed by atoms with Gasteiger partial charge in [0.15, 0.2) is 0 Å². The van der Waals surface area contributed by atoms with Gasteiger partial charge in [0, 0.05) is 18.3 Å². The van der Waals surface area contributed by atoms with Gasteiger partial charge in [-0.1, -0.05) is 24.8 Å². The molecule has 1 atom stereocenters. The Kier molecular flexibility index (Phi) is 6.40. The summed E-state index contributed by atoms with van der Waals surface area (Å²) in [5.74, 6) is -0.137. The first-order valence-electron chi connectivity index (χ1n) is 8.57. The van der Waals surface area contributed by atoms with Crippen LogP contribution < -0.4 is 5.32 Å². The van der Waals surface area contributed by atoms with Crippen molar-refractivity contribution >= 4 is 0 Å². The first kappa shape index (κ1) is 17.7. The van der Waals surface area contributed by atoms with Crippen molar-refractivity contribution in [2.45, 2.75) is 52.6 Å². The van der Waals surface area contributed by atoms with Crippen molar-refractivity contribution in [1.82, 2.24) is 10.2 Å². The topological polar surface area (TPSA) is 15.3 Å². The van der Waals surface area contributed by atoms with E-state index in [-0.39, 0.29) is 5.82 Å². The van der Waals surface area contributed by atoms with Crippen molar-refractivity contribution in [2.75, 3.05) is 13.1 Å². The van der Waals surface area contributed by atoms with Crippen LogP contribution in [0.1, 0.15) is 44.2 Å². The van der Waals surface area contributed by atoms with Gasteiger partial charge in [0.2, 0.25) is 0 Å². The highest BCUT2D eigenvalue weighted by Crippen LogP contribution is 2.25. The van der Waals surface area contributed by atoms with Crippen molar-refractivity contribution < 1.29 is 4.39 Å². The van der Waals surface area contributed by atoms with Crippen molar-refractivity contribution in [1.29, 1.82) is 0 Å². The number of allylic oxidation sites excluding steroid dienone is 2. The molecule has 0 radical (unpaired) electrons. The highest BCUT2D eigenvalue weighted by molar-refractivity contribution is 5.28. The molecule has 1 aliphatic rings. The molecule has 0 amide bonds. The third-order valence-corrected chi connectivity index (χ3v) is 4.80. The third-order valence-electron chi connectivity index (χ3n) is 4.80. The molecule has 1 heterocycles. The SMILES string of the molecule is C=C(/C(C)=C/C)N(Cc1ccc(F)c(C)c1)C1CCCNCC1. The minimum Gasteiger partial charge on any atom is -0.364 e. The van der Waals surface area contributed by atoms with E-state index < -0.39 is 0 Å². The predicted molar refractivity (Wildman–Crippen MR) is 95.8 cm³/mol. The van der Waals surface area contributed by atoms with Gasteiger partial charge < -0.3 is 10.2 Å². The van der Waals surface area contributed by atoms with Crippen LogP contribution in [0.15, 0.2) is 42.1 Å². The molecule has 1 aromatic carbocycles. The fourth-order valence-corrected chi connectivity index (χ4v) is 3.15. The van der Waals surface area contributed by atoms with E-state index in [1.54, 1.807) is 6.07 Å². The molecule has 1 aromatic rings. The van der Waals surface area contributed by atoms with E-state index in [9.17, 15) is 4.39 Å². The zero-order chi connectivity index (χ0) is 16.8. The molecule has 0 aliphatic carbocycles. The summed E-state index contributed by atoms with van der Waals surface area (Å²) in [6.45, 7) is 13.2. The Bertz CT molecular complexity index is 569. The van der Waals surface area contributed by atoms with Gasteiger partial charge in [0.1, 0.15) is 5.82 Å². The zero-order valence-corrected chi connectivity index (χ0v) is 14.7. The number of aryl methyl sites for hydroxylation is 1. The van der Waals surface area contributed by atoms with Gasteiger partial charge in [0.05, 0.1) is 0 Å². The Morgan fingerprint density at radius 3 is 2.87 bits per heavy atom. The van der Waals surface area contributed by atoms with E-state index in [1.807, 2.05) is 19.1 Å². The number of nitrogens with one attached hydrogen (secondary N) is 1. The van der Waals surface area contributed by atoms with Gasteiger partial charge in [-0.05, 0) is 75.9 Å². The third kappa shape index (κ3) is 4.68. The van der Waals surface area contributed by atoms with E-state index in [0.29, 0.717) is 11.6 Å². The van der Waals surface area contributed by atoms with Gasteiger partial charge in [-0.2, -0.15) is 0 Å². The minimum absolute atomic E-state index is 0.137. The maximum absolute atomic E-state index is 13.5. The molecule has 2 rings (SSSR count). The second kappa shape index (κ2) is 8.30. The summed E-state index contributed by atoms with van der Waals surface area (Å²) in [5.41, 5.74) is 4.15. The number of hydrogen-bond donors (Lipinski definition) is 1. The van der Waals surface area contributed by atoms with Crippen molar-refractivity contribution in [2.24, 2.45) is 0 Å². The van der Waals surface area contributed by atoms with Crippen LogP contribution in [0.5, 0.6) is 0 Å². The first-order chi connectivity index (χ1) is 11.0. The number of nitrogens with zero attached hydrogens (tertiary/aromatic N) is 1. The molecule has 0 aromatic heterocycles. The molecule has 0 bridgehead atoms. The van der Waals surface area contributed by atoms with Crippen LogP contribution in [0.2, 0.25) is 0 Å². The minimum atomic E-state index is -0.137. The lowest BCUT2D eigenvalue weighted by Crippen LogP contribution is -2.35. The number of rotatable bonds is 5. The van der Waals surface area contributed by atoms with Crippen LogP contribution >= 0.6 is 0 Å². The molecule has 0 spiro atoms. The maximum atomic E-state index is 13.5. The standard InChI is InChI=1S/C20H29FN2/c1-5-15(2)17(4)23(19-7-6-11-22-12-10-19)14-18-8-9-20(21)16(3)13-18/h5,8-9,13,19,22H,4,6-7,10-12,14H2,1-3H3/b15-5+. The Balaban J connectivity index is 2.24. The number of benzene rings is 1. The van der Waals surface area contributed by atoms with Gasteiger partial charge in [0.25, 0.3) is 0 Å². The number of hydrogen-bond acceptors (Lipinski definition) is 2. The summed E-state index contributed by atoms with van der Waals surface area (Å²) in [6.07, 6.45) is 5.59. The summed E-state index contributed by atoms with van der Waals surface area (Å²) in [7, 11) is 0. The van der Waals surface area contributed by atoms with Gasteiger partial charge in [-0.15, -0.1) is 0 Å². The molecule has 1 unspecified atom stereocenters. The maximum Gasteiger partial charge on any atom is 0.126 e. The summed E-state index contributed by atoms with van der Waals surface area (Å²) >= 11 is 0. The highest BCUT2D eigenvalue weighted by atomic mass is 19.1. The molecule has 1 fully saturated rings. The molecule has 2 nitrogen and oxygen atoms in total. The van der Waals surface area contributed by atoms with Crippen LogP contribution in [0.4, 0.5) is 4.39 Å². The van der Waals surface area contributed by atoms with Crippen LogP contribution in [0, 0.1) is 12.7 Å². The Morgan fingerprint density at radius 2 is 2.17 bits per heavy atom. The molecule has 1 aliphatic heterocycles. The lowest BCUT2D eigenvalue weighted by Gasteiger charge is -2.35. The highest BCUT2D eigenvalue weighted by Gasteiger charge is 2.22. The van der Waals surface area contributed by atoms with Crippen molar-refractivity contribution in [3.8, 4) is 0 Å². The summed E-state index contributed by atoms with van der Waals surface area (Å²) in [6, 6.07) is 5.90. The summed E-state index contributed by atoms with van der Waals surface area (Å²) in [5, 5.41) is 3.47. The quantitative estimate of drug-likeness (QED) is 0.801. The predicted octanol–water partition coefficient (Wildman–Crippen LogP) is 4.56. The van der Waals surface area contributed by atoms with Crippen LogP contribution in [-0.4, -0.2) is 24.0 Å². The van der Waals surface area contributed by atoms with Crippen molar-refractivity contribution in [3.63, 3.8) is 0 Å². The lowest BCUT2D eigenvalue weighted by atomic mass is 10.0. The molecule has 3 heteroatoms.